The Labute approximate surface area is 182 Å². The molecular weight excluding hydrogens is 419 g/mol. The molecule has 2 aromatic heterocycles. The van der Waals surface area contributed by atoms with Gasteiger partial charge in [0.1, 0.15) is 0 Å². The first kappa shape index (κ1) is 20.4. The van der Waals surface area contributed by atoms with E-state index in [0.717, 1.165) is 10.2 Å². The second-order valence-corrected chi connectivity index (χ2v) is 7.89. The van der Waals surface area contributed by atoms with Gasteiger partial charge >= 0.3 is 6.18 Å². The van der Waals surface area contributed by atoms with Crippen molar-refractivity contribution in [1.82, 2.24) is 24.9 Å². The third kappa shape index (κ3) is 3.91. The zero-order valence-corrected chi connectivity index (χ0v) is 17.3. The Balaban J connectivity index is 1.51. The molecule has 6 nitrogen and oxygen atoms in total. The van der Waals surface area contributed by atoms with Crippen molar-refractivity contribution in [3.05, 3.63) is 89.1 Å². The standard InChI is InChI=1S/C23H20F3N5O/c1-30-14-18(20(29-30)23(24,25)26)21-27-28-22(32-21)19-11-16-9-5-6-10-17(16)13-31(19)12-15-7-3-2-4-8-15/h2-10,14,19H,11-13H2,1H3. The van der Waals surface area contributed by atoms with Gasteiger partial charge in [-0.1, -0.05) is 54.6 Å². The van der Waals surface area contributed by atoms with Crippen LogP contribution in [0.4, 0.5) is 13.2 Å². The van der Waals surface area contributed by atoms with E-state index in [1.54, 1.807) is 0 Å². The van der Waals surface area contributed by atoms with Crippen LogP contribution in [0.25, 0.3) is 11.5 Å². The number of aryl methyl sites for hydroxylation is 1. The molecule has 32 heavy (non-hydrogen) atoms. The van der Waals surface area contributed by atoms with Crippen LogP contribution in [0.5, 0.6) is 0 Å². The number of alkyl halides is 3. The number of hydrogen-bond donors (Lipinski definition) is 0. The lowest BCUT2D eigenvalue weighted by atomic mass is 9.93. The van der Waals surface area contributed by atoms with Crippen LogP contribution in [0, 0.1) is 0 Å². The maximum atomic E-state index is 13.4. The van der Waals surface area contributed by atoms with Crippen LogP contribution in [0.2, 0.25) is 0 Å². The molecule has 0 radical (unpaired) electrons. The molecule has 2 aromatic carbocycles. The summed E-state index contributed by atoms with van der Waals surface area (Å²) in [5.41, 5.74) is 2.25. The summed E-state index contributed by atoms with van der Waals surface area (Å²) in [6.45, 7) is 1.33. The summed E-state index contributed by atoms with van der Waals surface area (Å²) in [5.74, 6) is 0.112. The summed E-state index contributed by atoms with van der Waals surface area (Å²) in [6, 6.07) is 17.9. The molecule has 1 aliphatic heterocycles. The number of halogens is 3. The SMILES string of the molecule is Cn1cc(-c2nnc(C3Cc4ccccc4CN3Cc3ccccc3)o2)c(C(F)(F)F)n1. The normalized spacial score (nSPS) is 16.8. The monoisotopic (exact) mass is 439 g/mol. The van der Waals surface area contributed by atoms with E-state index < -0.39 is 11.9 Å². The molecule has 0 bridgehead atoms. The van der Waals surface area contributed by atoms with Crippen molar-refractivity contribution in [3.63, 3.8) is 0 Å². The third-order valence-corrected chi connectivity index (χ3v) is 5.63. The number of aromatic nitrogens is 4. The number of fused-ring (bicyclic) bond motifs is 1. The van der Waals surface area contributed by atoms with Crippen molar-refractivity contribution >= 4 is 0 Å². The average Bonchev–Trinajstić information content (AvgIpc) is 3.40. The Hall–Kier alpha value is -3.46. The molecule has 3 heterocycles. The van der Waals surface area contributed by atoms with Crippen LogP contribution in [0.1, 0.15) is 34.3 Å². The highest BCUT2D eigenvalue weighted by Gasteiger charge is 2.39. The number of benzene rings is 2. The van der Waals surface area contributed by atoms with E-state index in [0.29, 0.717) is 25.4 Å². The van der Waals surface area contributed by atoms with Crippen molar-refractivity contribution < 1.29 is 17.6 Å². The lowest BCUT2D eigenvalue weighted by molar-refractivity contribution is -0.141. The van der Waals surface area contributed by atoms with E-state index in [2.05, 4.69) is 32.3 Å². The molecule has 164 valence electrons. The van der Waals surface area contributed by atoms with E-state index in [9.17, 15) is 13.2 Å². The Morgan fingerprint density at radius 3 is 2.47 bits per heavy atom. The predicted octanol–water partition coefficient (Wildman–Crippen LogP) is 4.79. The van der Waals surface area contributed by atoms with Gasteiger partial charge in [-0.15, -0.1) is 10.2 Å². The summed E-state index contributed by atoms with van der Waals surface area (Å²) in [5, 5.41) is 11.6. The molecule has 1 aliphatic rings. The van der Waals surface area contributed by atoms with Crippen LogP contribution < -0.4 is 0 Å². The van der Waals surface area contributed by atoms with Crippen LogP contribution in [-0.2, 0) is 32.7 Å². The Morgan fingerprint density at radius 2 is 1.72 bits per heavy atom. The van der Waals surface area contributed by atoms with Crippen LogP contribution >= 0.6 is 0 Å². The van der Waals surface area contributed by atoms with Crippen molar-refractivity contribution in [2.45, 2.75) is 31.7 Å². The quantitative estimate of drug-likeness (QED) is 0.458. The molecule has 0 N–H and O–H groups in total. The maximum absolute atomic E-state index is 13.4. The van der Waals surface area contributed by atoms with Gasteiger partial charge in [-0.25, -0.2) is 0 Å². The lowest BCUT2D eigenvalue weighted by Gasteiger charge is -2.35. The molecule has 9 heteroatoms. The minimum Gasteiger partial charge on any atom is -0.419 e. The van der Waals surface area contributed by atoms with Gasteiger partial charge in [-0.05, 0) is 23.1 Å². The fourth-order valence-electron chi connectivity index (χ4n) is 4.14. The maximum Gasteiger partial charge on any atom is 0.435 e. The van der Waals surface area contributed by atoms with Crippen molar-refractivity contribution in [1.29, 1.82) is 0 Å². The van der Waals surface area contributed by atoms with Crippen molar-refractivity contribution in [2.75, 3.05) is 0 Å². The number of hydrogen-bond acceptors (Lipinski definition) is 5. The number of nitrogens with zero attached hydrogens (tertiary/aromatic N) is 5. The zero-order chi connectivity index (χ0) is 22.3. The van der Waals surface area contributed by atoms with E-state index in [1.807, 2.05) is 42.5 Å². The topological polar surface area (TPSA) is 60.0 Å². The summed E-state index contributed by atoms with van der Waals surface area (Å²) in [6.07, 6.45) is -2.74. The predicted molar refractivity (Wildman–Crippen MR) is 110 cm³/mol. The number of rotatable bonds is 4. The average molecular weight is 439 g/mol. The highest BCUT2D eigenvalue weighted by atomic mass is 19.4. The van der Waals surface area contributed by atoms with Gasteiger partial charge in [-0.2, -0.15) is 18.3 Å². The highest BCUT2D eigenvalue weighted by molar-refractivity contribution is 5.56. The van der Waals surface area contributed by atoms with Gasteiger partial charge in [0.2, 0.25) is 5.89 Å². The Kier molecular flexibility index (Phi) is 5.05. The van der Waals surface area contributed by atoms with Crippen LogP contribution in [0.3, 0.4) is 0 Å². The van der Waals surface area contributed by atoms with Gasteiger partial charge in [0, 0.05) is 26.3 Å². The first-order chi connectivity index (χ1) is 15.4. The van der Waals surface area contributed by atoms with Gasteiger partial charge in [0.15, 0.2) is 5.69 Å². The third-order valence-electron chi connectivity index (χ3n) is 5.63. The van der Waals surface area contributed by atoms with Gasteiger partial charge in [0.05, 0.1) is 11.6 Å². The van der Waals surface area contributed by atoms with E-state index >= 15 is 0 Å². The largest absolute Gasteiger partial charge is 0.435 e. The molecule has 5 rings (SSSR count). The Morgan fingerprint density at radius 1 is 1.00 bits per heavy atom. The first-order valence-corrected chi connectivity index (χ1v) is 10.2. The molecule has 0 amide bonds. The smallest absolute Gasteiger partial charge is 0.419 e. The van der Waals surface area contributed by atoms with Gasteiger partial charge in [-0.3, -0.25) is 9.58 Å². The molecular formula is C23H20F3N5O. The molecule has 0 fully saturated rings. The minimum absolute atomic E-state index is 0.182. The lowest BCUT2D eigenvalue weighted by Crippen LogP contribution is -2.34. The molecule has 4 aromatic rings. The van der Waals surface area contributed by atoms with Crippen molar-refractivity contribution in [3.8, 4) is 11.5 Å². The van der Waals surface area contributed by atoms with Crippen LogP contribution in [-0.4, -0.2) is 24.9 Å². The zero-order valence-electron chi connectivity index (χ0n) is 17.3. The first-order valence-electron chi connectivity index (χ1n) is 10.2. The Bertz CT molecular complexity index is 1230. The molecule has 1 atom stereocenters. The molecule has 0 saturated heterocycles. The van der Waals surface area contributed by atoms with E-state index in [-0.39, 0.29) is 17.5 Å². The molecule has 0 aliphatic carbocycles. The second-order valence-electron chi connectivity index (χ2n) is 7.89. The molecule has 0 spiro atoms. The fourth-order valence-corrected chi connectivity index (χ4v) is 4.14. The van der Waals surface area contributed by atoms with Crippen molar-refractivity contribution in [2.24, 2.45) is 7.05 Å². The minimum atomic E-state index is -4.62. The highest BCUT2D eigenvalue weighted by Crippen LogP contribution is 2.38. The fraction of sp³-hybridized carbons (Fsp3) is 0.261. The summed E-state index contributed by atoms with van der Waals surface area (Å²) >= 11 is 0. The van der Waals surface area contributed by atoms with Crippen LogP contribution in [0.15, 0.2) is 65.2 Å². The van der Waals surface area contributed by atoms with Gasteiger partial charge < -0.3 is 4.42 Å². The summed E-state index contributed by atoms with van der Waals surface area (Å²) < 4.78 is 47.1. The van der Waals surface area contributed by atoms with E-state index in [4.69, 9.17) is 4.42 Å². The van der Waals surface area contributed by atoms with E-state index in [1.165, 1.54) is 24.4 Å². The summed E-state index contributed by atoms with van der Waals surface area (Å²) in [7, 11) is 1.43. The molecule has 1 unspecified atom stereocenters. The second kappa shape index (κ2) is 7.90. The molecule has 0 saturated carbocycles. The summed E-state index contributed by atoms with van der Waals surface area (Å²) in [4.78, 5) is 2.21. The van der Waals surface area contributed by atoms with Gasteiger partial charge in [0.25, 0.3) is 5.89 Å².